The number of benzene rings is 1. The van der Waals surface area contributed by atoms with Crippen LogP contribution in [0.3, 0.4) is 0 Å². The number of rotatable bonds is 6. The fourth-order valence-electron chi connectivity index (χ4n) is 3.67. The molecule has 0 aliphatic heterocycles. The first kappa shape index (κ1) is 16.7. The molecule has 2 aromatic heterocycles. The van der Waals surface area contributed by atoms with Crippen LogP contribution < -0.4 is 5.73 Å². The summed E-state index contributed by atoms with van der Waals surface area (Å²) in [6, 6.07) is 11.2. The van der Waals surface area contributed by atoms with Crippen LogP contribution in [-0.4, -0.2) is 21.7 Å². The molecule has 0 saturated heterocycles. The van der Waals surface area contributed by atoms with E-state index in [2.05, 4.69) is 52.4 Å². The maximum Gasteiger partial charge on any atom is 0.181 e. The van der Waals surface area contributed by atoms with Crippen molar-refractivity contribution in [2.45, 2.75) is 44.4 Å². The summed E-state index contributed by atoms with van der Waals surface area (Å²) in [7, 11) is 0. The number of aromatic nitrogens is 3. The van der Waals surface area contributed by atoms with E-state index in [-0.39, 0.29) is 5.41 Å². The lowest BCUT2D eigenvalue weighted by Crippen LogP contribution is -2.06. The Morgan fingerprint density at radius 3 is 2.85 bits per heavy atom. The minimum absolute atomic E-state index is 0.302. The number of hydrogen-bond donors (Lipinski definition) is 2. The van der Waals surface area contributed by atoms with Crippen molar-refractivity contribution in [3.63, 3.8) is 0 Å². The maximum absolute atomic E-state index is 9.66. The Balaban J connectivity index is 1.90. The summed E-state index contributed by atoms with van der Waals surface area (Å²) in [5.41, 5.74) is 11.9. The van der Waals surface area contributed by atoms with Crippen LogP contribution in [0, 0.1) is 11.3 Å². The molecule has 1 aliphatic carbocycles. The smallest absolute Gasteiger partial charge is 0.181 e. The van der Waals surface area contributed by atoms with Crippen LogP contribution in [0.2, 0.25) is 0 Å². The molecule has 0 atom stereocenters. The second kappa shape index (κ2) is 6.54. The Hall–Kier alpha value is -2.71. The predicted octanol–water partition coefficient (Wildman–Crippen LogP) is 3.63. The van der Waals surface area contributed by atoms with E-state index in [0.717, 1.165) is 65.5 Å². The number of nitrogens with two attached hydrogens (primary N) is 1. The Kier molecular flexibility index (Phi) is 4.21. The molecule has 1 fully saturated rings. The van der Waals surface area contributed by atoms with Gasteiger partial charge in [-0.15, -0.1) is 0 Å². The van der Waals surface area contributed by atoms with Crippen LogP contribution in [0.25, 0.3) is 22.2 Å². The van der Waals surface area contributed by atoms with Gasteiger partial charge in [0.15, 0.2) is 5.65 Å². The molecule has 0 amide bonds. The summed E-state index contributed by atoms with van der Waals surface area (Å²) >= 11 is 0. The van der Waals surface area contributed by atoms with E-state index in [1.54, 1.807) is 6.20 Å². The first-order chi connectivity index (χ1) is 12.7. The molecule has 2 heterocycles. The number of aromatic amines is 1. The highest BCUT2D eigenvalue weighted by atomic mass is 15.1. The first-order valence-electron chi connectivity index (χ1n) is 9.29. The number of pyridine rings is 1. The van der Waals surface area contributed by atoms with Gasteiger partial charge >= 0.3 is 0 Å². The molecule has 132 valence electrons. The Morgan fingerprint density at radius 1 is 1.31 bits per heavy atom. The summed E-state index contributed by atoms with van der Waals surface area (Å²) in [5.74, 6) is 0. The summed E-state index contributed by atoms with van der Waals surface area (Å²) in [6.07, 6.45) is 6.44. The molecule has 3 aromatic rings. The molecule has 0 radical (unpaired) electrons. The number of fused-ring (bicyclic) bond motifs is 1. The number of nitriles is 1. The summed E-state index contributed by atoms with van der Waals surface area (Å²) in [4.78, 5) is 4.40. The lowest BCUT2D eigenvalue weighted by atomic mass is 9.89. The zero-order chi connectivity index (χ0) is 18.1. The van der Waals surface area contributed by atoms with Crippen LogP contribution >= 0.6 is 0 Å². The van der Waals surface area contributed by atoms with Crippen LogP contribution in [0.5, 0.6) is 0 Å². The van der Waals surface area contributed by atoms with Crippen LogP contribution in [0.4, 0.5) is 0 Å². The van der Waals surface area contributed by atoms with Crippen molar-refractivity contribution in [3.8, 4) is 17.2 Å². The Bertz CT molecular complexity index is 991. The zero-order valence-electron chi connectivity index (χ0n) is 15.0. The molecule has 0 spiro atoms. The van der Waals surface area contributed by atoms with Crippen molar-refractivity contribution in [2.24, 2.45) is 5.73 Å². The van der Waals surface area contributed by atoms with Crippen LogP contribution in [0.15, 0.2) is 30.5 Å². The van der Waals surface area contributed by atoms with Crippen molar-refractivity contribution in [1.29, 1.82) is 5.26 Å². The summed E-state index contributed by atoms with van der Waals surface area (Å²) < 4.78 is 0. The van der Waals surface area contributed by atoms with Crippen LogP contribution in [-0.2, 0) is 18.3 Å². The molecule has 4 rings (SSSR count). The number of aryl methyl sites for hydroxylation is 2. The van der Waals surface area contributed by atoms with Gasteiger partial charge in [0.1, 0.15) is 0 Å². The molecule has 1 aliphatic rings. The molecule has 0 bridgehead atoms. The van der Waals surface area contributed by atoms with Crippen molar-refractivity contribution in [1.82, 2.24) is 15.2 Å². The molecule has 0 unspecified atom stereocenters. The minimum Gasteiger partial charge on any atom is -0.330 e. The van der Waals surface area contributed by atoms with Crippen molar-refractivity contribution >= 4 is 11.0 Å². The monoisotopic (exact) mass is 345 g/mol. The summed E-state index contributed by atoms with van der Waals surface area (Å²) in [5, 5.41) is 18.2. The molecule has 3 N–H and O–H groups in total. The average molecular weight is 345 g/mol. The van der Waals surface area contributed by atoms with Gasteiger partial charge < -0.3 is 5.73 Å². The van der Waals surface area contributed by atoms with Crippen LogP contribution in [0.1, 0.15) is 43.0 Å². The third-order valence-corrected chi connectivity index (χ3v) is 5.37. The Morgan fingerprint density at radius 2 is 2.15 bits per heavy atom. The van der Waals surface area contributed by atoms with Gasteiger partial charge in [0, 0.05) is 17.3 Å². The number of nitrogens with one attached hydrogen (secondary N) is 1. The van der Waals surface area contributed by atoms with E-state index in [1.165, 1.54) is 5.56 Å². The van der Waals surface area contributed by atoms with E-state index in [4.69, 9.17) is 5.73 Å². The number of nitrogens with zero attached hydrogens (tertiary/aromatic N) is 3. The lowest BCUT2D eigenvalue weighted by Gasteiger charge is -2.14. The highest BCUT2D eigenvalue weighted by molar-refractivity contribution is 5.94. The third kappa shape index (κ3) is 2.77. The number of H-pyrrole nitrogens is 1. The predicted molar refractivity (Wildman–Crippen MR) is 103 cm³/mol. The van der Waals surface area contributed by atoms with E-state index in [0.29, 0.717) is 6.54 Å². The fourth-order valence-corrected chi connectivity index (χ4v) is 3.67. The fraction of sp³-hybridized carbons (Fsp3) is 0.381. The minimum atomic E-state index is -0.302. The van der Waals surface area contributed by atoms with Gasteiger partial charge in [0.05, 0.1) is 11.5 Å². The molecule has 26 heavy (non-hydrogen) atoms. The third-order valence-electron chi connectivity index (χ3n) is 5.37. The van der Waals surface area contributed by atoms with Crippen molar-refractivity contribution in [3.05, 3.63) is 47.3 Å². The van der Waals surface area contributed by atoms with Gasteiger partial charge in [-0.25, -0.2) is 4.98 Å². The molecule has 1 aromatic carbocycles. The van der Waals surface area contributed by atoms with Gasteiger partial charge in [-0.1, -0.05) is 19.1 Å². The van der Waals surface area contributed by atoms with E-state index in [1.807, 2.05) is 0 Å². The molecule has 1 saturated carbocycles. The topological polar surface area (TPSA) is 91.4 Å². The largest absolute Gasteiger partial charge is 0.330 e. The molecule has 5 heteroatoms. The van der Waals surface area contributed by atoms with Crippen molar-refractivity contribution < 1.29 is 0 Å². The van der Waals surface area contributed by atoms with Crippen molar-refractivity contribution in [2.75, 3.05) is 6.54 Å². The van der Waals surface area contributed by atoms with E-state index in [9.17, 15) is 5.26 Å². The lowest BCUT2D eigenvalue weighted by molar-refractivity contribution is 0.826. The zero-order valence-corrected chi connectivity index (χ0v) is 15.0. The van der Waals surface area contributed by atoms with Gasteiger partial charge in [-0.3, -0.25) is 5.10 Å². The Labute approximate surface area is 153 Å². The van der Waals surface area contributed by atoms with Gasteiger partial charge in [0.25, 0.3) is 0 Å². The molecular weight excluding hydrogens is 322 g/mol. The second-order valence-electron chi connectivity index (χ2n) is 7.12. The maximum atomic E-state index is 9.66. The average Bonchev–Trinajstić information content (AvgIpc) is 3.38. The SMILES string of the molecule is CCc1[nH]nc2nccc(-c3cc(CCCN)cc(C4(C#N)CC4)c3)c12. The van der Waals surface area contributed by atoms with E-state index < -0.39 is 0 Å². The molecular formula is C21H23N5. The van der Waals surface area contributed by atoms with Gasteiger partial charge in [0.2, 0.25) is 0 Å². The highest BCUT2D eigenvalue weighted by Gasteiger charge is 2.45. The quantitative estimate of drug-likeness (QED) is 0.713. The van der Waals surface area contributed by atoms with Gasteiger partial charge in [-0.2, -0.15) is 10.4 Å². The highest BCUT2D eigenvalue weighted by Crippen LogP contribution is 2.48. The second-order valence-corrected chi connectivity index (χ2v) is 7.12. The normalized spacial score (nSPS) is 15.1. The molecule has 5 nitrogen and oxygen atoms in total. The first-order valence-corrected chi connectivity index (χ1v) is 9.29. The standard InChI is InChI=1S/C21H23N5/c1-2-18-19-17(5-9-24-20(19)26-25-18)15-10-14(4-3-8-22)11-16(12-15)21(13-23)6-7-21/h5,9-12H,2-4,6-8,22H2,1H3,(H,24,25,26). The van der Waals surface area contributed by atoms with E-state index >= 15 is 0 Å². The van der Waals surface area contributed by atoms with Gasteiger partial charge in [-0.05, 0) is 73.0 Å². The number of hydrogen-bond acceptors (Lipinski definition) is 4. The summed E-state index contributed by atoms with van der Waals surface area (Å²) in [6.45, 7) is 2.78.